The minimum Gasteiger partial charge on any atom is -0.382 e. The summed E-state index contributed by atoms with van der Waals surface area (Å²) in [5.74, 6) is -0.102. The van der Waals surface area contributed by atoms with Crippen molar-refractivity contribution in [2.75, 3.05) is 26.8 Å². The van der Waals surface area contributed by atoms with Gasteiger partial charge in [-0.05, 0) is 19.9 Å². The van der Waals surface area contributed by atoms with Crippen LogP contribution in [0.5, 0.6) is 0 Å². The van der Waals surface area contributed by atoms with E-state index in [0.717, 1.165) is 0 Å². The number of rotatable bonds is 3. The van der Waals surface area contributed by atoms with Crippen LogP contribution in [0.25, 0.3) is 0 Å². The van der Waals surface area contributed by atoms with Crippen molar-refractivity contribution in [1.82, 2.24) is 9.88 Å². The third kappa shape index (κ3) is 3.48. The molecule has 1 aliphatic heterocycles. The summed E-state index contributed by atoms with van der Waals surface area (Å²) >= 11 is 6.04. The number of methoxy groups -OCH3 is 1. The van der Waals surface area contributed by atoms with E-state index in [9.17, 15) is 4.79 Å². The zero-order valence-electron chi connectivity index (χ0n) is 11.9. The first-order valence-electron chi connectivity index (χ1n) is 6.48. The molecule has 6 heteroatoms. The van der Waals surface area contributed by atoms with Gasteiger partial charge < -0.3 is 14.4 Å². The van der Waals surface area contributed by atoms with Gasteiger partial charge in [-0.25, -0.2) is 0 Å². The number of carbonyl (C=O) groups is 1. The average Bonchev–Trinajstić information content (AvgIpc) is 2.37. The van der Waals surface area contributed by atoms with E-state index in [2.05, 4.69) is 4.98 Å². The Hall–Kier alpha value is -1.17. The molecule has 0 bridgehead atoms. The zero-order chi connectivity index (χ0) is 14.8. The lowest BCUT2D eigenvalue weighted by molar-refractivity contribution is -0.143. The molecule has 1 aromatic rings. The van der Waals surface area contributed by atoms with Gasteiger partial charge in [0.1, 0.15) is 0 Å². The van der Waals surface area contributed by atoms with Gasteiger partial charge >= 0.3 is 0 Å². The molecule has 1 aromatic heterocycles. The molecule has 0 spiro atoms. The van der Waals surface area contributed by atoms with Crippen molar-refractivity contribution >= 4 is 17.5 Å². The second-order valence-electron chi connectivity index (χ2n) is 5.50. The highest BCUT2D eigenvalue weighted by atomic mass is 35.5. The van der Waals surface area contributed by atoms with Gasteiger partial charge in [-0.15, -0.1) is 0 Å². The maximum absolute atomic E-state index is 12.6. The van der Waals surface area contributed by atoms with Crippen LogP contribution in [0.2, 0.25) is 5.02 Å². The van der Waals surface area contributed by atoms with E-state index in [0.29, 0.717) is 30.3 Å². The first kappa shape index (κ1) is 15.2. The number of morpholine rings is 1. The molecule has 2 heterocycles. The highest BCUT2D eigenvalue weighted by Crippen LogP contribution is 2.24. The third-order valence-corrected chi connectivity index (χ3v) is 3.43. The van der Waals surface area contributed by atoms with Crippen molar-refractivity contribution in [3.63, 3.8) is 0 Å². The van der Waals surface area contributed by atoms with Crippen LogP contribution in [0, 0.1) is 0 Å². The van der Waals surface area contributed by atoms with Crippen molar-refractivity contribution in [2.45, 2.75) is 25.6 Å². The molecule has 0 aromatic carbocycles. The minimum atomic E-state index is -0.406. The Morgan fingerprint density at radius 3 is 3.05 bits per heavy atom. The lowest BCUT2D eigenvalue weighted by Gasteiger charge is -2.42. The number of hydrogen-bond acceptors (Lipinski definition) is 4. The largest absolute Gasteiger partial charge is 0.382 e. The standard InChI is InChI=1S/C14H19ClN2O3/c1-14(2)9-17(7-10(20-14)8-19-3)13(18)11-4-5-16-6-12(11)15/h4-6,10H,7-9H2,1-3H3/t10-/m0/s1. The van der Waals surface area contributed by atoms with Crippen LogP contribution in [0.4, 0.5) is 0 Å². The lowest BCUT2D eigenvalue weighted by atomic mass is 10.0. The van der Waals surface area contributed by atoms with Gasteiger partial charge in [-0.3, -0.25) is 9.78 Å². The quantitative estimate of drug-likeness (QED) is 0.856. The molecule has 0 aliphatic carbocycles. The van der Waals surface area contributed by atoms with E-state index < -0.39 is 5.60 Å². The van der Waals surface area contributed by atoms with Crippen molar-refractivity contribution in [2.24, 2.45) is 0 Å². The number of pyridine rings is 1. The minimum absolute atomic E-state index is 0.102. The number of halogens is 1. The van der Waals surface area contributed by atoms with E-state index in [1.807, 2.05) is 13.8 Å². The molecule has 20 heavy (non-hydrogen) atoms. The summed E-state index contributed by atoms with van der Waals surface area (Å²) in [5.41, 5.74) is 0.0619. The molecule has 0 saturated carbocycles. The van der Waals surface area contributed by atoms with Crippen LogP contribution < -0.4 is 0 Å². The van der Waals surface area contributed by atoms with Crippen molar-refractivity contribution < 1.29 is 14.3 Å². The molecular weight excluding hydrogens is 280 g/mol. The molecule has 2 rings (SSSR count). The highest BCUT2D eigenvalue weighted by molar-refractivity contribution is 6.33. The van der Waals surface area contributed by atoms with Gasteiger partial charge in [0, 0.05) is 32.6 Å². The molecule has 0 unspecified atom stereocenters. The van der Waals surface area contributed by atoms with Gasteiger partial charge in [0.15, 0.2) is 0 Å². The summed E-state index contributed by atoms with van der Waals surface area (Å²) in [5, 5.41) is 0.366. The highest BCUT2D eigenvalue weighted by Gasteiger charge is 2.36. The van der Waals surface area contributed by atoms with E-state index in [-0.39, 0.29) is 12.0 Å². The summed E-state index contributed by atoms with van der Waals surface area (Å²) in [6.07, 6.45) is 2.91. The first-order chi connectivity index (χ1) is 9.43. The topological polar surface area (TPSA) is 51.7 Å². The molecule has 110 valence electrons. The Kier molecular flexibility index (Phi) is 4.62. The van der Waals surface area contributed by atoms with Crippen LogP contribution in [0.15, 0.2) is 18.5 Å². The van der Waals surface area contributed by atoms with Crippen LogP contribution in [-0.4, -0.2) is 54.3 Å². The normalized spacial score (nSPS) is 21.8. The second kappa shape index (κ2) is 6.08. The SMILES string of the molecule is COC[C@@H]1CN(C(=O)c2ccncc2Cl)CC(C)(C)O1. The molecule has 1 fully saturated rings. The van der Waals surface area contributed by atoms with E-state index in [4.69, 9.17) is 21.1 Å². The lowest BCUT2D eigenvalue weighted by Crippen LogP contribution is -2.55. The Bertz CT molecular complexity index is 493. The van der Waals surface area contributed by atoms with Gasteiger partial charge in [0.25, 0.3) is 5.91 Å². The smallest absolute Gasteiger partial charge is 0.255 e. The van der Waals surface area contributed by atoms with Crippen LogP contribution >= 0.6 is 11.6 Å². The summed E-state index contributed by atoms with van der Waals surface area (Å²) in [6, 6.07) is 1.64. The van der Waals surface area contributed by atoms with Crippen molar-refractivity contribution in [3.8, 4) is 0 Å². The second-order valence-corrected chi connectivity index (χ2v) is 5.90. The molecule has 1 amide bonds. The summed E-state index contributed by atoms with van der Waals surface area (Å²) in [4.78, 5) is 18.2. The molecule has 0 N–H and O–H groups in total. The van der Waals surface area contributed by atoms with Gasteiger partial charge in [-0.1, -0.05) is 11.6 Å². The van der Waals surface area contributed by atoms with Crippen molar-refractivity contribution in [3.05, 3.63) is 29.0 Å². The predicted molar refractivity (Wildman–Crippen MR) is 76.0 cm³/mol. The fourth-order valence-electron chi connectivity index (χ4n) is 2.44. The first-order valence-corrected chi connectivity index (χ1v) is 6.86. The van der Waals surface area contributed by atoms with Gasteiger partial charge in [0.2, 0.25) is 0 Å². The van der Waals surface area contributed by atoms with Gasteiger partial charge in [-0.2, -0.15) is 0 Å². The third-order valence-electron chi connectivity index (χ3n) is 3.12. The summed E-state index contributed by atoms with van der Waals surface area (Å²) in [7, 11) is 1.62. The molecular formula is C14H19ClN2O3. The Morgan fingerprint density at radius 2 is 2.40 bits per heavy atom. The van der Waals surface area contributed by atoms with E-state index in [1.165, 1.54) is 6.20 Å². The van der Waals surface area contributed by atoms with Crippen molar-refractivity contribution in [1.29, 1.82) is 0 Å². The number of nitrogens with zero attached hydrogens (tertiary/aromatic N) is 2. The Labute approximate surface area is 123 Å². The number of hydrogen-bond donors (Lipinski definition) is 0. The maximum atomic E-state index is 12.6. The fourth-order valence-corrected chi connectivity index (χ4v) is 2.64. The summed E-state index contributed by atoms with van der Waals surface area (Å²) < 4.78 is 11.0. The fraction of sp³-hybridized carbons (Fsp3) is 0.571. The number of amides is 1. The number of ether oxygens (including phenoxy) is 2. The molecule has 1 aliphatic rings. The maximum Gasteiger partial charge on any atom is 0.255 e. The van der Waals surface area contributed by atoms with Gasteiger partial charge in [0.05, 0.1) is 28.9 Å². The summed E-state index contributed by atoms with van der Waals surface area (Å²) in [6.45, 7) is 5.39. The van der Waals surface area contributed by atoms with Crippen LogP contribution in [0.1, 0.15) is 24.2 Å². The van der Waals surface area contributed by atoms with Crippen LogP contribution in [0.3, 0.4) is 0 Å². The van der Waals surface area contributed by atoms with E-state index in [1.54, 1.807) is 24.3 Å². The number of carbonyl (C=O) groups excluding carboxylic acids is 1. The van der Waals surface area contributed by atoms with Crippen LogP contribution in [-0.2, 0) is 9.47 Å². The molecule has 1 atom stereocenters. The molecule has 5 nitrogen and oxygen atoms in total. The number of aromatic nitrogens is 1. The Morgan fingerprint density at radius 1 is 1.65 bits per heavy atom. The van der Waals surface area contributed by atoms with E-state index >= 15 is 0 Å². The molecule has 0 radical (unpaired) electrons. The predicted octanol–water partition coefficient (Wildman–Crippen LogP) is 2.00. The molecule has 1 saturated heterocycles. The average molecular weight is 299 g/mol. The monoisotopic (exact) mass is 298 g/mol. The zero-order valence-corrected chi connectivity index (χ0v) is 12.7. The Balaban J connectivity index is 2.18.